The van der Waals surface area contributed by atoms with Crippen LogP contribution in [0.5, 0.6) is 0 Å². The zero-order valence-electron chi connectivity index (χ0n) is 10.5. The number of amides is 1. The third-order valence-electron chi connectivity index (χ3n) is 2.32. The molecule has 0 aliphatic carbocycles. The Balaban J connectivity index is 2.89. The molecule has 0 radical (unpaired) electrons. The van der Waals surface area contributed by atoms with Crippen LogP contribution in [0.3, 0.4) is 0 Å². The Hall–Kier alpha value is -1.42. The highest BCUT2D eigenvalue weighted by atomic mass is 32.2. The third kappa shape index (κ3) is 3.53. The molecule has 0 spiro atoms. The molecule has 8 nitrogen and oxygen atoms in total. The summed E-state index contributed by atoms with van der Waals surface area (Å²) in [5, 5.41) is 19.6. The quantitative estimate of drug-likeness (QED) is 0.594. The molecule has 3 N–H and O–H groups in total. The Labute approximate surface area is 110 Å². The molecule has 0 saturated carbocycles. The van der Waals surface area contributed by atoms with Crippen LogP contribution in [0.15, 0.2) is 21.6 Å². The lowest BCUT2D eigenvalue weighted by molar-refractivity contribution is 0.0846. The van der Waals surface area contributed by atoms with Gasteiger partial charge in [-0.2, -0.15) is 0 Å². The molecule has 9 heteroatoms. The molecule has 108 valence electrons. The van der Waals surface area contributed by atoms with Crippen molar-refractivity contribution in [3.05, 3.63) is 17.9 Å². The van der Waals surface area contributed by atoms with Gasteiger partial charge in [-0.05, 0) is 12.1 Å². The normalized spacial score (nSPS) is 12.1. The first-order valence-electron chi connectivity index (χ1n) is 5.38. The zero-order valence-corrected chi connectivity index (χ0v) is 11.3. The van der Waals surface area contributed by atoms with Gasteiger partial charge >= 0.3 is 0 Å². The number of sulfonamides is 1. The average molecular weight is 292 g/mol. The first-order valence-corrected chi connectivity index (χ1v) is 6.82. The van der Waals surface area contributed by atoms with Gasteiger partial charge in [-0.25, -0.2) is 12.7 Å². The van der Waals surface area contributed by atoms with Gasteiger partial charge in [0.05, 0.1) is 19.3 Å². The van der Waals surface area contributed by atoms with Crippen LogP contribution in [-0.2, 0) is 10.0 Å². The molecule has 0 atom stereocenters. The molecule has 1 aromatic rings. The molecule has 19 heavy (non-hydrogen) atoms. The van der Waals surface area contributed by atoms with Gasteiger partial charge in [-0.15, -0.1) is 0 Å². The number of aliphatic hydroxyl groups is 2. The smallest absolute Gasteiger partial charge is 0.287 e. The molecule has 0 aliphatic heterocycles. The lowest BCUT2D eigenvalue weighted by atomic mass is 10.3. The highest BCUT2D eigenvalue weighted by Gasteiger charge is 2.24. The monoisotopic (exact) mass is 292 g/mol. The van der Waals surface area contributed by atoms with Crippen molar-refractivity contribution in [3.8, 4) is 0 Å². The van der Waals surface area contributed by atoms with Gasteiger partial charge in [0.15, 0.2) is 5.76 Å². The highest BCUT2D eigenvalue weighted by Crippen LogP contribution is 2.16. The maximum Gasteiger partial charge on any atom is 0.287 e. The lowest BCUT2D eigenvalue weighted by Crippen LogP contribution is -2.39. The summed E-state index contributed by atoms with van der Waals surface area (Å²) in [6.07, 6.45) is 0. The number of hydrogen-bond acceptors (Lipinski definition) is 6. The second-order valence-electron chi connectivity index (χ2n) is 3.94. The van der Waals surface area contributed by atoms with Crippen molar-refractivity contribution >= 4 is 15.9 Å². The van der Waals surface area contributed by atoms with Crippen LogP contribution in [0.4, 0.5) is 0 Å². The van der Waals surface area contributed by atoms with Crippen LogP contribution >= 0.6 is 0 Å². The molecule has 1 heterocycles. The number of nitrogens with one attached hydrogen (secondary N) is 1. The fraction of sp³-hybridized carbons (Fsp3) is 0.500. The van der Waals surface area contributed by atoms with Crippen LogP contribution in [0.25, 0.3) is 0 Å². The van der Waals surface area contributed by atoms with Crippen LogP contribution in [0.2, 0.25) is 0 Å². The topological polar surface area (TPSA) is 120 Å². The van der Waals surface area contributed by atoms with Crippen LogP contribution < -0.4 is 5.32 Å². The van der Waals surface area contributed by atoms with Crippen molar-refractivity contribution in [3.63, 3.8) is 0 Å². The molecule has 1 aromatic heterocycles. The van der Waals surface area contributed by atoms with Crippen LogP contribution in [0, 0.1) is 0 Å². The molecule has 1 rings (SSSR count). The zero-order chi connectivity index (χ0) is 14.6. The summed E-state index contributed by atoms with van der Waals surface area (Å²) in [5.41, 5.74) is 0. The van der Waals surface area contributed by atoms with E-state index in [0.29, 0.717) is 0 Å². The molecule has 0 saturated heterocycles. The SMILES string of the molecule is CN(C)S(=O)(=O)c1ccc(C(=O)NC(CO)CO)o1. The van der Waals surface area contributed by atoms with Crippen molar-refractivity contribution in [2.75, 3.05) is 27.3 Å². The van der Waals surface area contributed by atoms with Crippen LogP contribution in [-0.4, -0.2) is 62.2 Å². The van der Waals surface area contributed by atoms with Gasteiger partial charge in [0, 0.05) is 14.1 Å². The maximum absolute atomic E-state index is 11.7. The van der Waals surface area contributed by atoms with E-state index in [9.17, 15) is 13.2 Å². The molecule has 0 aromatic carbocycles. The number of aliphatic hydroxyl groups excluding tert-OH is 2. The predicted molar refractivity (Wildman–Crippen MR) is 65.0 cm³/mol. The summed E-state index contributed by atoms with van der Waals surface area (Å²) < 4.78 is 29.4. The molecule has 1 amide bonds. The Morgan fingerprint density at radius 2 is 1.95 bits per heavy atom. The highest BCUT2D eigenvalue weighted by molar-refractivity contribution is 7.88. The first-order chi connectivity index (χ1) is 8.82. The van der Waals surface area contributed by atoms with Gasteiger partial charge in [-0.1, -0.05) is 0 Å². The van der Waals surface area contributed by atoms with Gasteiger partial charge < -0.3 is 19.9 Å². The van der Waals surface area contributed by atoms with E-state index in [0.717, 1.165) is 10.4 Å². The molecular formula is C10H16N2O6S. The summed E-state index contributed by atoms with van der Waals surface area (Å²) in [7, 11) is -1.06. The predicted octanol–water partition coefficient (Wildman–Crippen LogP) is -1.39. The van der Waals surface area contributed by atoms with Crippen molar-refractivity contribution in [1.29, 1.82) is 0 Å². The van der Waals surface area contributed by atoms with Crippen molar-refractivity contribution in [2.45, 2.75) is 11.1 Å². The fourth-order valence-corrected chi connectivity index (χ4v) is 1.96. The van der Waals surface area contributed by atoms with E-state index in [1.165, 1.54) is 20.2 Å². The van der Waals surface area contributed by atoms with E-state index in [1.807, 2.05) is 0 Å². The lowest BCUT2D eigenvalue weighted by Gasteiger charge is -2.11. The summed E-state index contributed by atoms with van der Waals surface area (Å²) >= 11 is 0. The van der Waals surface area contributed by atoms with E-state index in [-0.39, 0.29) is 10.9 Å². The molecule has 0 aliphatic rings. The maximum atomic E-state index is 11.7. The largest absolute Gasteiger partial charge is 0.438 e. The van der Waals surface area contributed by atoms with Crippen molar-refractivity contribution in [1.82, 2.24) is 9.62 Å². The number of hydrogen-bond donors (Lipinski definition) is 3. The van der Waals surface area contributed by atoms with E-state index in [2.05, 4.69) is 5.32 Å². The third-order valence-corrected chi connectivity index (χ3v) is 4.01. The Bertz CT molecular complexity index is 532. The number of furan rings is 1. The summed E-state index contributed by atoms with van der Waals surface area (Å²) in [4.78, 5) is 11.6. The number of rotatable bonds is 6. The minimum absolute atomic E-state index is 0.215. The van der Waals surface area contributed by atoms with Gasteiger partial charge in [0.1, 0.15) is 0 Å². The van der Waals surface area contributed by atoms with E-state index in [4.69, 9.17) is 14.6 Å². The fourth-order valence-electron chi connectivity index (χ4n) is 1.17. The summed E-state index contributed by atoms with van der Waals surface area (Å²) in [6, 6.07) is 1.54. The molecule has 0 bridgehead atoms. The van der Waals surface area contributed by atoms with Crippen molar-refractivity contribution < 1.29 is 27.8 Å². The number of carbonyl (C=O) groups is 1. The molecule has 0 fully saturated rings. The van der Waals surface area contributed by atoms with E-state index in [1.54, 1.807) is 0 Å². The van der Waals surface area contributed by atoms with Gasteiger partial charge in [0.2, 0.25) is 5.09 Å². The van der Waals surface area contributed by atoms with Crippen LogP contribution in [0.1, 0.15) is 10.6 Å². The second-order valence-corrected chi connectivity index (χ2v) is 6.02. The van der Waals surface area contributed by atoms with E-state index >= 15 is 0 Å². The van der Waals surface area contributed by atoms with Crippen molar-refractivity contribution in [2.24, 2.45) is 0 Å². The van der Waals surface area contributed by atoms with E-state index < -0.39 is 35.2 Å². The summed E-state index contributed by atoms with van der Waals surface area (Å²) in [6.45, 7) is -0.877. The Morgan fingerprint density at radius 3 is 2.42 bits per heavy atom. The minimum atomic E-state index is -3.74. The van der Waals surface area contributed by atoms with Gasteiger partial charge in [-0.3, -0.25) is 4.79 Å². The molecular weight excluding hydrogens is 276 g/mol. The standard InChI is InChI=1S/C10H16N2O6S/c1-12(2)19(16,17)9-4-3-8(18-9)10(15)11-7(5-13)6-14/h3-4,7,13-14H,5-6H2,1-2H3,(H,11,15). The minimum Gasteiger partial charge on any atom is -0.438 e. The van der Waals surface area contributed by atoms with Gasteiger partial charge in [0.25, 0.3) is 15.9 Å². The number of carbonyl (C=O) groups excluding carboxylic acids is 1. The first kappa shape index (κ1) is 15.6. The molecule has 0 unspecified atom stereocenters. The Kier molecular flexibility index (Phi) is 5.06. The Morgan fingerprint density at radius 1 is 1.37 bits per heavy atom. The average Bonchev–Trinajstić information content (AvgIpc) is 2.85. The summed E-state index contributed by atoms with van der Waals surface area (Å²) in [5.74, 6) is -0.930. The second kappa shape index (κ2) is 6.15. The number of nitrogens with zero attached hydrogens (tertiary/aromatic N) is 1.